The first-order valence-electron chi connectivity index (χ1n) is 8.01. The van der Waals surface area contributed by atoms with Crippen LogP contribution in [0.2, 0.25) is 0 Å². The predicted octanol–water partition coefficient (Wildman–Crippen LogP) is 3.13. The summed E-state index contributed by atoms with van der Waals surface area (Å²) in [6.45, 7) is 3.49. The third kappa shape index (κ3) is 4.09. The molecule has 0 atom stereocenters. The molecule has 0 aliphatic carbocycles. The largest absolute Gasteiger partial charge is 0.388 e. The Bertz CT molecular complexity index is 563. The van der Waals surface area contributed by atoms with Gasteiger partial charge in [-0.25, -0.2) is 0 Å². The number of hydrogen-bond acceptors (Lipinski definition) is 3. The van der Waals surface area contributed by atoms with Gasteiger partial charge in [0.25, 0.3) is 0 Å². The monoisotopic (exact) mass is 296 g/mol. The van der Waals surface area contributed by atoms with Gasteiger partial charge in [-0.1, -0.05) is 48.5 Å². The van der Waals surface area contributed by atoms with Crippen LogP contribution in [0.4, 0.5) is 5.69 Å². The van der Waals surface area contributed by atoms with Crippen molar-refractivity contribution in [1.29, 1.82) is 0 Å². The SMILES string of the molecule is OC1(CNc2ccccc2)CCN(Cc2ccccc2)CC1. The molecule has 0 spiro atoms. The molecule has 1 heterocycles. The predicted molar refractivity (Wildman–Crippen MR) is 90.8 cm³/mol. The Labute approximate surface area is 132 Å². The van der Waals surface area contributed by atoms with Gasteiger partial charge in [0.15, 0.2) is 0 Å². The van der Waals surface area contributed by atoms with Crippen LogP contribution in [0.3, 0.4) is 0 Å². The van der Waals surface area contributed by atoms with Crippen molar-refractivity contribution in [2.75, 3.05) is 25.0 Å². The van der Waals surface area contributed by atoms with Gasteiger partial charge < -0.3 is 10.4 Å². The van der Waals surface area contributed by atoms with E-state index in [1.165, 1.54) is 5.56 Å². The lowest BCUT2D eigenvalue weighted by molar-refractivity contribution is -0.0120. The summed E-state index contributed by atoms with van der Waals surface area (Å²) >= 11 is 0. The Morgan fingerprint density at radius 3 is 2.14 bits per heavy atom. The molecule has 0 aromatic heterocycles. The highest BCUT2D eigenvalue weighted by atomic mass is 16.3. The number of piperidine rings is 1. The number of aliphatic hydroxyl groups is 1. The lowest BCUT2D eigenvalue weighted by atomic mass is 9.91. The smallest absolute Gasteiger partial charge is 0.0843 e. The van der Waals surface area contributed by atoms with E-state index in [4.69, 9.17) is 0 Å². The fourth-order valence-electron chi connectivity index (χ4n) is 2.97. The van der Waals surface area contributed by atoms with Crippen molar-refractivity contribution in [1.82, 2.24) is 4.90 Å². The molecule has 1 fully saturated rings. The van der Waals surface area contributed by atoms with Gasteiger partial charge in [-0.3, -0.25) is 4.90 Å². The lowest BCUT2D eigenvalue weighted by Gasteiger charge is -2.38. The van der Waals surface area contributed by atoms with Crippen LogP contribution in [-0.2, 0) is 6.54 Å². The highest BCUT2D eigenvalue weighted by Gasteiger charge is 2.31. The van der Waals surface area contributed by atoms with Crippen LogP contribution in [0.15, 0.2) is 60.7 Å². The first-order chi connectivity index (χ1) is 10.7. The molecule has 2 aromatic carbocycles. The van der Waals surface area contributed by atoms with Crippen LogP contribution < -0.4 is 5.32 Å². The summed E-state index contributed by atoms with van der Waals surface area (Å²) < 4.78 is 0. The highest BCUT2D eigenvalue weighted by Crippen LogP contribution is 2.24. The van der Waals surface area contributed by atoms with E-state index in [9.17, 15) is 5.11 Å². The fourth-order valence-corrected chi connectivity index (χ4v) is 2.97. The average Bonchev–Trinajstić information content (AvgIpc) is 2.58. The van der Waals surface area contributed by atoms with E-state index < -0.39 is 5.60 Å². The minimum atomic E-state index is -0.594. The molecule has 1 aliphatic heterocycles. The fraction of sp³-hybridized carbons (Fsp3) is 0.368. The molecule has 116 valence electrons. The van der Waals surface area contributed by atoms with E-state index in [0.29, 0.717) is 6.54 Å². The molecule has 2 aromatic rings. The number of rotatable bonds is 5. The second-order valence-corrected chi connectivity index (χ2v) is 6.21. The van der Waals surface area contributed by atoms with Crippen molar-refractivity contribution in [2.45, 2.75) is 25.0 Å². The molecule has 3 nitrogen and oxygen atoms in total. The summed E-state index contributed by atoms with van der Waals surface area (Å²) in [5.74, 6) is 0. The van der Waals surface area contributed by atoms with Crippen LogP contribution in [-0.4, -0.2) is 35.2 Å². The van der Waals surface area contributed by atoms with Crippen LogP contribution in [0.5, 0.6) is 0 Å². The third-order valence-electron chi connectivity index (χ3n) is 4.43. The molecule has 3 heteroatoms. The van der Waals surface area contributed by atoms with Gasteiger partial charge in [-0.05, 0) is 30.5 Å². The van der Waals surface area contributed by atoms with Crippen LogP contribution in [0.1, 0.15) is 18.4 Å². The molecular formula is C19H24N2O. The van der Waals surface area contributed by atoms with E-state index in [0.717, 1.165) is 38.2 Å². The minimum Gasteiger partial charge on any atom is -0.388 e. The Morgan fingerprint density at radius 2 is 1.50 bits per heavy atom. The van der Waals surface area contributed by atoms with Crippen molar-refractivity contribution in [3.8, 4) is 0 Å². The van der Waals surface area contributed by atoms with Crippen LogP contribution >= 0.6 is 0 Å². The molecule has 0 radical (unpaired) electrons. The maximum atomic E-state index is 10.7. The van der Waals surface area contributed by atoms with Crippen molar-refractivity contribution in [3.63, 3.8) is 0 Å². The van der Waals surface area contributed by atoms with E-state index in [-0.39, 0.29) is 0 Å². The van der Waals surface area contributed by atoms with E-state index >= 15 is 0 Å². The maximum absolute atomic E-state index is 10.7. The maximum Gasteiger partial charge on any atom is 0.0843 e. The Balaban J connectivity index is 1.48. The van der Waals surface area contributed by atoms with Gasteiger partial charge in [0, 0.05) is 31.9 Å². The summed E-state index contributed by atoms with van der Waals surface area (Å²) in [5.41, 5.74) is 1.82. The number of benzene rings is 2. The molecular weight excluding hydrogens is 272 g/mol. The zero-order valence-electron chi connectivity index (χ0n) is 12.9. The first kappa shape index (κ1) is 15.1. The molecule has 3 rings (SSSR count). The number of nitrogens with zero attached hydrogens (tertiary/aromatic N) is 1. The average molecular weight is 296 g/mol. The molecule has 0 unspecified atom stereocenters. The van der Waals surface area contributed by atoms with E-state index in [1.54, 1.807) is 0 Å². The molecule has 2 N–H and O–H groups in total. The third-order valence-corrected chi connectivity index (χ3v) is 4.43. The number of anilines is 1. The van der Waals surface area contributed by atoms with Crippen molar-refractivity contribution >= 4 is 5.69 Å². The van der Waals surface area contributed by atoms with Gasteiger partial charge in [-0.2, -0.15) is 0 Å². The molecule has 1 aliphatic rings. The van der Waals surface area contributed by atoms with Crippen molar-refractivity contribution < 1.29 is 5.11 Å². The summed E-state index contributed by atoms with van der Waals surface area (Å²) in [5, 5.41) is 14.1. The van der Waals surface area contributed by atoms with Gasteiger partial charge in [0.2, 0.25) is 0 Å². The zero-order valence-corrected chi connectivity index (χ0v) is 12.9. The molecule has 22 heavy (non-hydrogen) atoms. The number of para-hydroxylation sites is 1. The second kappa shape index (κ2) is 6.95. The van der Waals surface area contributed by atoms with Gasteiger partial charge >= 0.3 is 0 Å². The normalized spacial score (nSPS) is 18.0. The van der Waals surface area contributed by atoms with Crippen molar-refractivity contribution in [2.24, 2.45) is 0 Å². The standard InChI is InChI=1S/C19H24N2O/c22-19(16-20-18-9-5-2-6-10-18)11-13-21(14-12-19)15-17-7-3-1-4-8-17/h1-10,20,22H,11-16H2. The van der Waals surface area contributed by atoms with Crippen LogP contribution in [0.25, 0.3) is 0 Å². The number of likely N-dealkylation sites (tertiary alicyclic amines) is 1. The Kier molecular flexibility index (Phi) is 4.76. The van der Waals surface area contributed by atoms with E-state index in [2.05, 4.69) is 34.5 Å². The summed E-state index contributed by atoms with van der Waals surface area (Å²) in [7, 11) is 0. The Morgan fingerprint density at radius 1 is 0.909 bits per heavy atom. The van der Waals surface area contributed by atoms with E-state index in [1.807, 2.05) is 36.4 Å². The van der Waals surface area contributed by atoms with Crippen molar-refractivity contribution in [3.05, 3.63) is 66.2 Å². The lowest BCUT2D eigenvalue weighted by Crippen LogP contribution is -2.47. The molecule has 0 saturated carbocycles. The molecule has 0 bridgehead atoms. The van der Waals surface area contributed by atoms with Gasteiger partial charge in [0.1, 0.15) is 0 Å². The van der Waals surface area contributed by atoms with Crippen LogP contribution in [0, 0.1) is 0 Å². The number of hydrogen-bond donors (Lipinski definition) is 2. The first-order valence-corrected chi connectivity index (χ1v) is 8.01. The molecule has 0 amide bonds. The summed E-state index contributed by atoms with van der Waals surface area (Å²) in [6, 6.07) is 20.6. The second-order valence-electron chi connectivity index (χ2n) is 6.21. The molecule has 1 saturated heterocycles. The summed E-state index contributed by atoms with van der Waals surface area (Å²) in [6.07, 6.45) is 1.64. The van der Waals surface area contributed by atoms with Gasteiger partial charge in [0.05, 0.1) is 5.60 Å². The Hall–Kier alpha value is -1.84. The highest BCUT2D eigenvalue weighted by molar-refractivity contribution is 5.42. The number of nitrogens with one attached hydrogen (secondary N) is 1. The quantitative estimate of drug-likeness (QED) is 0.890. The van der Waals surface area contributed by atoms with Gasteiger partial charge in [-0.15, -0.1) is 0 Å². The summed E-state index contributed by atoms with van der Waals surface area (Å²) in [4.78, 5) is 2.42. The minimum absolute atomic E-state index is 0.594. The topological polar surface area (TPSA) is 35.5 Å². The zero-order chi connectivity index (χ0) is 15.3.